The van der Waals surface area contributed by atoms with Gasteiger partial charge in [0.1, 0.15) is 17.3 Å². The van der Waals surface area contributed by atoms with E-state index in [1.807, 2.05) is 31.2 Å². The fourth-order valence-corrected chi connectivity index (χ4v) is 4.63. The average Bonchev–Trinajstić information content (AvgIpc) is 3.38. The van der Waals surface area contributed by atoms with Crippen molar-refractivity contribution in [2.75, 3.05) is 11.5 Å². The number of ether oxygens (including phenoxy) is 1. The first-order valence-electron chi connectivity index (χ1n) is 11.0. The molecule has 1 aliphatic rings. The highest BCUT2D eigenvalue weighted by Gasteiger charge is 2.48. The Labute approximate surface area is 205 Å². The fraction of sp³-hybridized carbons (Fsp3) is 0.111. The zero-order valence-electron chi connectivity index (χ0n) is 18.6. The van der Waals surface area contributed by atoms with Gasteiger partial charge >= 0.3 is 0 Å². The van der Waals surface area contributed by atoms with Crippen LogP contribution in [0.1, 0.15) is 24.1 Å². The summed E-state index contributed by atoms with van der Waals surface area (Å²) in [5.41, 5.74) is 1.54. The second-order valence-electron chi connectivity index (χ2n) is 8.01. The number of aromatic amines is 1. The molecule has 0 aliphatic carbocycles. The van der Waals surface area contributed by atoms with Crippen molar-refractivity contribution in [2.45, 2.75) is 13.0 Å². The summed E-state index contributed by atoms with van der Waals surface area (Å²) in [6.45, 7) is 2.21. The van der Waals surface area contributed by atoms with Crippen molar-refractivity contribution in [3.8, 4) is 5.75 Å². The van der Waals surface area contributed by atoms with Gasteiger partial charge in [-0.15, -0.1) is 0 Å². The summed E-state index contributed by atoms with van der Waals surface area (Å²) in [5.74, 6) is -2.34. The monoisotopic (exact) mass is 490 g/mol. The standard InChI is InChI=1S/C27H20ClFN2O4/c1-2-35-17-10-11-21(28)19(13-17)25(32)23-24(20-14-30-22-9-4-3-8-18(20)22)31(27(34)26(23)33)16-7-5-6-15(29)12-16/h3-14,24,30,32H,2H2,1H3/b25-23+. The summed E-state index contributed by atoms with van der Waals surface area (Å²) in [7, 11) is 0. The lowest BCUT2D eigenvalue weighted by Crippen LogP contribution is -2.29. The smallest absolute Gasteiger partial charge is 0.300 e. The molecule has 4 aromatic rings. The molecule has 1 aromatic heterocycles. The number of anilines is 1. The fourth-order valence-electron chi connectivity index (χ4n) is 4.43. The van der Waals surface area contributed by atoms with Crippen LogP contribution in [0.2, 0.25) is 5.02 Å². The number of aliphatic hydroxyl groups excluding tert-OH is 1. The number of H-pyrrole nitrogens is 1. The van der Waals surface area contributed by atoms with E-state index >= 15 is 0 Å². The lowest BCUT2D eigenvalue weighted by Gasteiger charge is -2.25. The van der Waals surface area contributed by atoms with Gasteiger partial charge in [-0.1, -0.05) is 35.9 Å². The Hall–Kier alpha value is -4.10. The Balaban J connectivity index is 1.78. The van der Waals surface area contributed by atoms with Gasteiger partial charge in [0.25, 0.3) is 11.7 Å². The highest BCUT2D eigenvalue weighted by molar-refractivity contribution is 6.52. The van der Waals surface area contributed by atoms with Crippen LogP contribution in [-0.2, 0) is 9.59 Å². The number of para-hydroxylation sites is 1. The number of ketones is 1. The molecule has 0 saturated carbocycles. The number of fused-ring (bicyclic) bond motifs is 1. The summed E-state index contributed by atoms with van der Waals surface area (Å²) in [6, 6.07) is 16.5. The number of carbonyl (C=O) groups is 2. The zero-order chi connectivity index (χ0) is 24.7. The van der Waals surface area contributed by atoms with Gasteiger partial charge in [-0.25, -0.2) is 4.39 Å². The average molecular weight is 491 g/mol. The summed E-state index contributed by atoms with van der Waals surface area (Å²) in [4.78, 5) is 31.0. The molecule has 0 bridgehead atoms. The Kier molecular flexibility index (Phi) is 5.78. The van der Waals surface area contributed by atoms with Crippen LogP contribution in [0.15, 0.2) is 78.5 Å². The second kappa shape index (κ2) is 8.92. The first kappa shape index (κ1) is 22.7. The maximum absolute atomic E-state index is 14.1. The van der Waals surface area contributed by atoms with Crippen molar-refractivity contribution >= 4 is 45.6 Å². The molecular weight excluding hydrogens is 471 g/mol. The first-order chi connectivity index (χ1) is 16.9. The minimum atomic E-state index is -1.03. The van der Waals surface area contributed by atoms with E-state index in [-0.39, 0.29) is 21.8 Å². The summed E-state index contributed by atoms with van der Waals surface area (Å²) >= 11 is 6.38. The molecule has 3 aromatic carbocycles. The number of carbonyl (C=O) groups excluding carboxylic acids is 2. The molecule has 1 fully saturated rings. The summed E-state index contributed by atoms with van der Waals surface area (Å²) in [5, 5.41) is 12.3. The van der Waals surface area contributed by atoms with E-state index in [1.54, 1.807) is 24.4 Å². The van der Waals surface area contributed by atoms with E-state index < -0.39 is 29.3 Å². The number of Topliss-reactive ketones (excluding diaryl/α,β-unsaturated/α-hetero) is 1. The van der Waals surface area contributed by atoms with Gasteiger partial charge in [0.05, 0.1) is 23.2 Å². The van der Waals surface area contributed by atoms with Gasteiger partial charge in [-0.2, -0.15) is 0 Å². The molecule has 1 aliphatic heterocycles. The normalized spacial score (nSPS) is 17.3. The van der Waals surface area contributed by atoms with Gasteiger partial charge in [0.15, 0.2) is 0 Å². The van der Waals surface area contributed by atoms with Crippen molar-refractivity contribution in [1.82, 2.24) is 4.98 Å². The molecule has 1 saturated heterocycles. The van der Waals surface area contributed by atoms with Crippen LogP contribution in [0, 0.1) is 5.82 Å². The molecule has 1 atom stereocenters. The van der Waals surface area contributed by atoms with Crippen LogP contribution < -0.4 is 9.64 Å². The van der Waals surface area contributed by atoms with Crippen LogP contribution in [0.5, 0.6) is 5.75 Å². The molecule has 6 nitrogen and oxygen atoms in total. The number of hydrogen-bond donors (Lipinski definition) is 2. The van der Waals surface area contributed by atoms with Crippen LogP contribution in [0.25, 0.3) is 16.7 Å². The maximum Gasteiger partial charge on any atom is 0.300 e. The van der Waals surface area contributed by atoms with Crippen LogP contribution in [0.3, 0.4) is 0 Å². The largest absolute Gasteiger partial charge is 0.507 e. The molecule has 176 valence electrons. The number of halogens is 2. The van der Waals surface area contributed by atoms with Crippen molar-refractivity contribution in [2.24, 2.45) is 0 Å². The number of nitrogens with zero attached hydrogens (tertiary/aromatic N) is 1. The van der Waals surface area contributed by atoms with E-state index in [0.717, 1.165) is 10.9 Å². The number of aliphatic hydroxyl groups is 1. The molecule has 1 amide bonds. The van der Waals surface area contributed by atoms with Gasteiger partial charge in [-0.05, 0) is 49.4 Å². The summed E-state index contributed by atoms with van der Waals surface area (Å²) < 4.78 is 19.7. The Bertz CT molecular complexity index is 1510. The van der Waals surface area contributed by atoms with Crippen LogP contribution >= 0.6 is 11.6 Å². The molecule has 0 spiro atoms. The zero-order valence-corrected chi connectivity index (χ0v) is 19.3. The molecular formula is C27H20ClFN2O4. The predicted octanol–water partition coefficient (Wildman–Crippen LogP) is 5.99. The minimum absolute atomic E-state index is 0.153. The SMILES string of the molecule is CCOc1ccc(Cl)c(/C(O)=C2\C(=O)C(=O)N(c3cccc(F)c3)C2c2c[nH]c3ccccc23)c1. The number of nitrogens with one attached hydrogen (secondary N) is 1. The third kappa shape index (κ3) is 3.84. The molecule has 35 heavy (non-hydrogen) atoms. The van der Waals surface area contributed by atoms with Crippen molar-refractivity contribution < 1.29 is 23.8 Å². The second-order valence-corrected chi connectivity index (χ2v) is 8.42. The first-order valence-corrected chi connectivity index (χ1v) is 11.3. The quantitative estimate of drug-likeness (QED) is 0.205. The Morgan fingerprint density at radius 3 is 2.69 bits per heavy atom. The predicted molar refractivity (Wildman–Crippen MR) is 132 cm³/mol. The van der Waals surface area contributed by atoms with E-state index in [2.05, 4.69) is 4.98 Å². The van der Waals surface area contributed by atoms with Crippen LogP contribution in [-0.4, -0.2) is 28.4 Å². The molecule has 2 heterocycles. The van der Waals surface area contributed by atoms with E-state index in [9.17, 15) is 19.1 Å². The molecule has 5 rings (SSSR count). The van der Waals surface area contributed by atoms with Crippen molar-refractivity contribution in [3.05, 3.63) is 100 Å². The summed E-state index contributed by atoms with van der Waals surface area (Å²) in [6.07, 6.45) is 1.68. The number of amides is 1. The van der Waals surface area contributed by atoms with Crippen molar-refractivity contribution in [1.29, 1.82) is 0 Å². The highest BCUT2D eigenvalue weighted by atomic mass is 35.5. The highest BCUT2D eigenvalue weighted by Crippen LogP contribution is 2.45. The topological polar surface area (TPSA) is 82.6 Å². The molecule has 0 radical (unpaired) electrons. The van der Waals surface area contributed by atoms with Gasteiger partial charge < -0.3 is 14.8 Å². The molecule has 8 heteroatoms. The van der Waals surface area contributed by atoms with Gasteiger partial charge in [0.2, 0.25) is 0 Å². The van der Waals surface area contributed by atoms with Crippen molar-refractivity contribution in [3.63, 3.8) is 0 Å². The van der Waals surface area contributed by atoms with Gasteiger partial charge in [0, 0.05) is 33.9 Å². The third-order valence-corrected chi connectivity index (χ3v) is 6.28. The van der Waals surface area contributed by atoms with Crippen LogP contribution in [0.4, 0.5) is 10.1 Å². The minimum Gasteiger partial charge on any atom is -0.507 e. The lowest BCUT2D eigenvalue weighted by atomic mass is 9.94. The Morgan fingerprint density at radius 1 is 1.11 bits per heavy atom. The van der Waals surface area contributed by atoms with E-state index in [4.69, 9.17) is 16.3 Å². The number of benzene rings is 3. The van der Waals surface area contributed by atoms with Gasteiger partial charge in [-0.3, -0.25) is 14.5 Å². The van der Waals surface area contributed by atoms with E-state index in [1.165, 1.54) is 29.2 Å². The number of aromatic nitrogens is 1. The number of rotatable bonds is 5. The Morgan fingerprint density at radius 2 is 1.91 bits per heavy atom. The molecule has 2 N–H and O–H groups in total. The maximum atomic E-state index is 14.1. The number of hydrogen-bond acceptors (Lipinski definition) is 4. The molecule has 1 unspecified atom stereocenters. The lowest BCUT2D eigenvalue weighted by molar-refractivity contribution is -0.132. The third-order valence-electron chi connectivity index (χ3n) is 5.95. The van der Waals surface area contributed by atoms with E-state index in [0.29, 0.717) is 17.9 Å².